The van der Waals surface area contributed by atoms with E-state index < -0.39 is 5.97 Å². The van der Waals surface area contributed by atoms with Crippen LogP contribution in [0.1, 0.15) is 49.9 Å². The van der Waals surface area contributed by atoms with Crippen LogP contribution in [0, 0.1) is 5.92 Å². The number of carbonyl (C=O) groups is 3. The van der Waals surface area contributed by atoms with Crippen LogP contribution >= 0.6 is 0 Å². The molecule has 30 heavy (non-hydrogen) atoms. The molecule has 3 N–H and O–H groups in total. The van der Waals surface area contributed by atoms with Crippen LogP contribution in [0.15, 0.2) is 18.2 Å². The second-order valence-electron chi connectivity index (χ2n) is 8.49. The summed E-state index contributed by atoms with van der Waals surface area (Å²) in [5.74, 6) is -1.14. The Morgan fingerprint density at radius 3 is 2.37 bits per heavy atom. The van der Waals surface area contributed by atoms with Gasteiger partial charge in [0.2, 0.25) is 11.8 Å². The van der Waals surface area contributed by atoms with Crippen molar-refractivity contribution in [2.45, 2.75) is 45.6 Å². The van der Waals surface area contributed by atoms with Crippen LogP contribution in [0.4, 0.5) is 11.4 Å². The number of piperazine rings is 1. The van der Waals surface area contributed by atoms with E-state index in [-0.39, 0.29) is 29.3 Å². The molecule has 2 aliphatic rings. The van der Waals surface area contributed by atoms with Crippen molar-refractivity contribution in [3.8, 4) is 0 Å². The number of benzene rings is 1. The lowest BCUT2D eigenvalue weighted by atomic mass is 10.1. The van der Waals surface area contributed by atoms with E-state index in [1.54, 1.807) is 12.1 Å². The number of anilines is 2. The van der Waals surface area contributed by atoms with Crippen LogP contribution < -0.4 is 15.5 Å². The number of carboxylic acid groups (broad SMARTS) is 1. The number of carbonyl (C=O) groups excluding carboxylic acids is 2. The Morgan fingerprint density at radius 1 is 1.10 bits per heavy atom. The highest BCUT2D eigenvalue weighted by atomic mass is 16.4. The van der Waals surface area contributed by atoms with Gasteiger partial charge in [0.1, 0.15) is 0 Å². The summed E-state index contributed by atoms with van der Waals surface area (Å²) in [5, 5.41) is 15.4. The summed E-state index contributed by atoms with van der Waals surface area (Å²) >= 11 is 0. The quantitative estimate of drug-likeness (QED) is 0.630. The third-order valence-corrected chi connectivity index (χ3v) is 5.77. The van der Waals surface area contributed by atoms with Gasteiger partial charge in [-0.05, 0) is 44.9 Å². The number of hydrogen-bond donors (Lipinski definition) is 3. The zero-order chi connectivity index (χ0) is 21.7. The molecular formula is C22H32N4O4. The van der Waals surface area contributed by atoms with Crippen LogP contribution in [-0.4, -0.2) is 66.6 Å². The van der Waals surface area contributed by atoms with Crippen LogP contribution in [0.2, 0.25) is 0 Å². The highest BCUT2D eigenvalue weighted by Gasteiger charge is 2.25. The number of nitrogens with one attached hydrogen (secondary N) is 2. The van der Waals surface area contributed by atoms with Crippen molar-refractivity contribution in [3.05, 3.63) is 23.8 Å². The molecular weight excluding hydrogens is 384 g/mol. The lowest BCUT2D eigenvalue weighted by Crippen LogP contribution is -2.50. The van der Waals surface area contributed by atoms with E-state index in [0.717, 1.165) is 44.5 Å². The smallest absolute Gasteiger partial charge is 0.337 e. The predicted octanol–water partition coefficient (Wildman–Crippen LogP) is 2.16. The molecule has 0 bridgehead atoms. The van der Waals surface area contributed by atoms with Crippen molar-refractivity contribution >= 4 is 29.2 Å². The highest BCUT2D eigenvalue weighted by Crippen LogP contribution is 2.28. The first-order chi connectivity index (χ1) is 14.3. The molecule has 0 spiro atoms. The van der Waals surface area contributed by atoms with Gasteiger partial charge in [-0.15, -0.1) is 0 Å². The van der Waals surface area contributed by atoms with E-state index in [4.69, 9.17) is 0 Å². The molecule has 2 amide bonds. The van der Waals surface area contributed by atoms with Crippen molar-refractivity contribution in [2.75, 3.05) is 42.9 Å². The Kier molecular flexibility index (Phi) is 7.31. The molecule has 8 heteroatoms. The topological polar surface area (TPSA) is 102 Å². The third kappa shape index (κ3) is 5.72. The lowest BCUT2D eigenvalue weighted by molar-refractivity contribution is -0.123. The van der Waals surface area contributed by atoms with Crippen molar-refractivity contribution in [3.63, 3.8) is 0 Å². The fourth-order valence-corrected chi connectivity index (χ4v) is 4.17. The molecule has 1 heterocycles. The van der Waals surface area contributed by atoms with Crippen LogP contribution in [-0.2, 0) is 9.59 Å². The van der Waals surface area contributed by atoms with Crippen LogP contribution in [0.5, 0.6) is 0 Å². The second kappa shape index (κ2) is 9.93. The normalized spacial score (nSPS) is 17.9. The van der Waals surface area contributed by atoms with Crippen molar-refractivity contribution in [1.82, 2.24) is 10.2 Å². The molecule has 1 aliphatic heterocycles. The Bertz CT molecular complexity index is 781. The monoisotopic (exact) mass is 416 g/mol. The molecule has 0 aromatic heterocycles. The molecule has 8 nitrogen and oxygen atoms in total. The van der Waals surface area contributed by atoms with E-state index in [9.17, 15) is 19.5 Å². The molecule has 1 aliphatic carbocycles. The summed E-state index contributed by atoms with van der Waals surface area (Å²) in [6, 6.07) is 5.31. The summed E-state index contributed by atoms with van der Waals surface area (Å²) in [5.41, 5.74) is 1.28. The van der Waals surface area contributed by atoms with Gasteiger partial charge in [-0.3, -0.25) is 14.5 Å². The van der Waals surface area contributed by atoms with Crippen molar-refractivity contribution in [1.29, 1.82) is 0 Å². The van der Waals surface area contributed by atoms with Crippen molar-refractivity contribution < 1.29 is 19.5 Å². The van der Waals surface area contributed by atoms with Gasteiger partial charge in [-0.25, -0.2) is 4.79 Å². The maximum atomic E-state index is 12.4. The van der Waals surface area contributed by atoms with E-state index in [2.05, 4.69) is 20.4 Å². The molecule has 2 fully saturated rings. The van der Waals surface area contributed by atoms with Gasteiger partial charge in [-0.2, -0.15) is 0 Å². The summed E-state index contributed by atoms with van der Waals surface area (Å²) in [6.45, 7) is 7.13. The Balaban J connectivity index is 1.61. The van der Waals surface area contributed by atoms with E-state index in [0.29, 0.717) is 25.3 Å². The first-order valence-corrected chi connectivity index (χ1v) is 10.8. The summed E-state index contributed by atoms with van der Waals surface area (Å²) < 4.78 is 0. The van der Waals surface area contributed by atoms with Gasteiger partial charge in [0.05, 0.1) is 17.8 Å². The average molecular weight is 417 g/mol. The fraction of sp³-hybridized carbons (Fsp3) is 0.591. The lowest BCUT2D eigenvalue weighted by Gasteiger charge is -2.36. The average Bonchev–Trinajstić information content (AvgIpc) is 3.23. The minimum atomic E-state index is -1.05. The molecule has 164 valence electrons. The zero-order valence-corrected chi connectivity index (χ0v) is 17.8. The number of aromatic carboxylic acids is 1. The van der Waals surface area contributed by atoms with E-state index >= 15 is 0 Å². The molecule has 3 rings (SSSR count). The minimum absolute atomic E-state index is 0.0210. The van der Waals surface area contributed by atoms with Gasteiger partial charge in [-0.1, -0.05) is 12.8 Å². The fourth-order valence-electron chi connectivity index (χ4n) is 4.17. The maximum Gasteiger partial charge on any atom is 0.337 e. The number of rotatable bonds is 7. The molecule has 1 saturated carbocycles. The summed E-state index contributed by atoms with van der Waals surface area (Å²) in [4.78, 5) is 40.4. The Hall–Kier alpha value is -2.61. The molecule has 1 saturated heterocycles. The van der Waals surface area contributed by atoms with Gasteiger partial charge >= 0.3 is 5.97 Å². The molecule has 0 unspecified atom stereocenters. The SMILES string of the molecule is CC(C)NC(=O)CN1CCN(c2ccc(NC(=O)C3CCCC3)c(C(=O)O)c2)CC1. The van der Waals surface area contributed by atoms with Gasteiger partial charge in [0, 0.05) is 43.8 Å². The first kappa shape index (κ1) is 22.1. The Labute approximate surface area is 177 Å². The summed E-state index contributed by atoms with van der Waals surface area (Å²) in [6.07, 6.45) is 3.83. The number of hydrogen-bond acceptors (Lipinski definition) is 5. The maximum absolute atomic E-state index is 12.4. The van der Waals surface area contributed by atoms with Gasteiger partial charge in [0.15, 0.2) is 0 Å². The molecule has 1 aromatic carbocycles. The number of amides is 2. The second-order valence-corrected chi connectivity index (χ2v) is 8.49. The first-order valence-electron chi connectivity index (χ1n) is 10.8. The number of nitrogens with zero attached hydrogens (tertiary/aromatic N) is 2. The van der Waals surface area contributed by atoms with Crippen LogP contribution in [0.3, 0.4) is 0 Å². The Morgan fingerprint density at radius 2 is 1.77 bits per heavy atom. The standard InChI is InChI=1S/C22H32N4O4/c1-15(2)23-20(27)14-25-9-11-26(12-10-25)17-7-8-19(18(13-17)22(29)30)24-21(28)16-5-3-4-6-16/h7-8,13,15-16H,3-6,9-12,14H2,1-2H3,(H,23,27)(H,24,28)(H,29,30). The van der Waals surface area contributed by atoms with Crippen LogP contribution in [0.25, 0.3) is 0 Å². The van der Waals surface area contributed by atoms with E-state index in [1.807, 2.05) is 19.9 Å². The highest BCUT2D eigenvalue weighted by molar-refractivity contribution is 6.02. The summed E-state index contributed by atoms with van der Waals surface area (Å²) in [7, 11) is 0. The molecule has 1 aromatic rings. The molecule has 0 radical (unpaired) electrons. The largest absolute Gasteiger partial charge is 0.478 e. The molecule has 0 atom stereocenters. The van der Waals surface area contributed by atoms with Gasteiger partial charge in [0.25, 0.3) is 0 Å². The number of carboxylic acids is 1. The third-order valence-electron chi connectivity index (χ3n) is 5.77. The van der Waals surface area contributed by atoms with Crippen molar-refractivity contribution in [2.24, 2.45) is 5.92 Å². The van der Waals surface area contributed by atoms with E-state index in [1.165, 1.54) is 0 Å². The van der Waals surface area contributed by atoms with Gasteiger partial charge < -0.3 is 20.6 Å². The zero-order valence-electron chi connectivity index (χ0n) is 17.8. The predicted molar refractivity (Wildman–Crippen MR) is 116 cm³/mol. The minimum Gasteiger partial charge on any atom is -0.478 e.